The number of carbonyl (C=O) groups excluding carboxylic acids is 1. The second-order valence-electron chi connectivity index (χ2n) is 5.95. The van der Waals surface area contributed by atoms with E-state index >= 15 is 0 Å². The molecule has 1 aliphatic rings. The lowest BCUT2D eigenvalue weighted by Gasteiger charge is -2.36. The Hall–Kier alpha value is -1.26. The molecule has 1 aromatic rings. The molecule has 1 aliphatic carbocycles. The van der Waals surface area contributed by atoms with E-state index in [0.717, 1.165) is 25.1 Å². The number of carbonyl (C=O) groups is 1. The average Bonchev–Trinajstić information content (AvgIpc) is 2.48. The highest BCUT2D eigenvalue weighted by Gasteiger charge is 2.31. The minimum Gasteiger partial charge on any atom is -0.396 e. The number of nitrogens with one attached hydrogen (secondary N) is 2. The molecule has 0 bridgehead atoms. The van der Waals surface area contributed by atoms with E-state index in [1.807, 2.05) is 6.07 Å². The minimum absolute atomic E-state index is 0.0129. The van der Waals surface area contributed by atoms with E-state index in [0.29, 0.717) is 10.7 Å². The van der Waals surface area contributed by atoms with Crippen molar-refractivity contribution in [1.82, 2.24) is 0 Å². The highest BCUT2D eigenvalue weighted by molar-refractivity contribution is 6.34. The Morgan fingerprint density at radius 2 is 2.05 bits per heavy atom. The first-order valence-electron chi connectivity index (χ1n) is 7.47. The first-order chi connectivity index (χ1) is 10.0. The molecule has 5 heteroatoms. The van der Waals surface area contributed by atoms with E-state index in [9.17, 15) is 9.90 Å². The fraction of sp³-hybridized carbons (Fsp3) is 0.562. The van der Waals surface area contributed by atoms with Crippen LogP contribution in [0.1, 0.15) is 39.0 Å². The van der Waals surface area contributed by atoms with Crippen LogP contribution in [0, 0.1) is 5.41 Å². The zero-order valence-electron chi connectivity index (χ0n) is 12.4. The molecule has 1 aromatic carbocycles. The molecule has 0 aromatic heterocycles. The number of halogens is 1. The Bertz CT molecular complexity index is 499. The van der Waals surface area contributed by atoms with Crippen molar-refractivity contribution in [2.45, 2.75) is 39.0 Å². The molecule has 0 aliphatic heterocycles. The molecule has 1 amide bonds. The van der Waals surface area contributed by atoms with Crippen LogP contribution in [0.15, 0.2) is 18.2 Å². The molecular weight excluding hydrogens is 288 g/mol. The second-order valence-corrected chi connectivity index (χ2v) is 6.36. The van der Waals surface area contributed by atoms with E-state index in [2.05, 4.69) is 10.6 Å². The normalized spacial score (nSPS) is 17.3. The van der Waals surface area contributed by atoms with Gasteiger partial charge in [-0.3, -0.25) is 4.79 Å². The summed E-state index contributed by atoms with van der Waals surface area (Å²) < 4.78 is 0. The summed E-state index contributed by atoms with van der Waals surface area (Å²) in [7, 11) is 0. The number of rotatable bonds is 5. The maximum absolute atomic E-state index is 11.1. The van der Waals surface area contributed by atoms with Crippen molar-refractivity contribution in [3.05, 3.63) is 23.2 Å². The van der Waals surface area contributed by atoms with Gasteiger partial charge in [0.25, 0.3) is 0 Å². The highest BCUT2D eigenvalue weighted by atomic mass is 35.5. The Kier molecular flexibility index (Phi) is 5.48. The van der Waals surface area contributed by atoms with Crippen molar-refractivity contribution in [2.75, 3.05) is 23.8 Å². The summed E-state index contributed by atoms with van der Waals surface area (Å²) in [6.07, 6.45) is 5.76. The van der Waals surface area contributed by atoms with E-state index < -0.39 is 0 Å². The second kappa shape index (κ2) is 7.14. The summed E-state index contributed by atoms with van der Waals surface area (Å²) in [5, 5.41) is 16.3. The van der Waals surface area contributed by atoms with Gasteiger partial charge in [-0.05, 0) is 31.0 Å². The zero-order chi connectivity index (χ0) is 15.3. The fourth-order valence-electron chi connectivity index (χ4n) is 2.90. The Morgan fingerprint density at radius 1 is 1.33 bits per heavy atom. The van der Waals surface area contributed by atoms with Crippen LogP contribution in [0.5, 0.6) is 0 Å². The van der Waals surface area contributed by atoms with Gasteiger partial charge < -0.3 is 15.7 Å². The van der Waals surface area contributed by atoms with Crippen molar-refractivity contribution in [3.63, 3.8) is 0 Å². The van der Waals surface area contributed by atoms with E-state index in [1.54, 1.807) is 12.1 Å². The number of hydrogen-bond acceptors (Lipinski definition) is 3. The lowest BCUT2D eigenvalue weighted by Crippen LogP contribution is -2.35. The quantitative estimate of drug-likeness (QED) is 0.778. The van der Waals surface area contributed by atoms with Crippen LogP contribution in [0.3, 0.4) is 0 Å². The molecule has 1 fully saturated rings. The number of hydrogen-bond donors (Lipinski definition) is 3. The number of anilines is 2. The molecule has 21 heavy (non-hydrogen) atoms. The number of amides is 1. The molecule has 0 spiro atoms. The van der Waals surface area contributed by atoms with Gasteiger partial charge in [-0.1, -0.05) is 30.9 Å². The summed E-state index contributed by atoms with van der Waals surface area (Å²) in [5.74, 6) is -0.140. The predicted molar refractivity (Wildman–Crippen MR) is 86.8 cm³/mol. The minimum atomic E-state index is -0.140. The van der Waals surface area contributed by atoms with Crippen molar-refractivity contribution in [3.8, 4) is 0 Å². The van der Waals surface area contributed by atoms with Gasteiger partial charge in [0.2, 0.25) is 5.91 Å². The first kappa shape index (κ1) is 16.1. The molecule has 0 atom stereocenters. The van der Waals surface area contributed by atoms with Gasteiger partial charge in [-0.15, -0.1) is 0 Å². The van der Waals surface area contributed by atoms with Gasteiger partial charge in [-0.2, -0.15) is 0 Å². The molecule has 2 rings (SSSR count). The lowest BCUT2D eigenvalue weighted by molar-refractivity contribution is -0.114. The largest absolute Gasteiger partial charge is 0.396 e. The molecule has 1 saturated carbocycles. The van der Waals surface area contributed by atoms with Crippen LogP contribution < -0.4 is 10.6 Å². The molecule has 0 heterocycles. The van der Waals surface area contributed by atoms with Crippen molar-refractivity contribution in [2.24, 2.45) is 5.41 Å². The summed E-state index contributed by atoms with van der Waals surface area (Å²) in [6, 6.07) is 5.49. The number of aliphatic hydroxyl groups excluding tert-OH is 1. The lowest BCUT2D eigenvalue weighted by atomic mass is 9.74. The fourth-order valence-corrected chi connectivity index (χ4v) is 3.13. The van der Waals surface area contributed by atoms with Crippen LogP contribution in [-0.4, -0.2) is 24.2 Å². The first-order valence-corrected chi connectivity index (χ1v) is 7.84. The smallest absolute Gasteiger partial charge is 0.221 e. The maximum Gasteiger partial charge on any atom is 0.221 e. The third-order valence-corrected chi connectivity index (χ3v) is 4.51. The molecule has 0 saturated heterocycles. The standard InChI is InChI=1S/C16H23ClN2O2/c1-12(21)19-15-6-5-13(9-14(15)17)18-10-16(11-20)7-3-2-4-8-16/h5-6,9,18,20H,2-4,7-8,10-11H2,1H3,(H,19,21). The Labute approximate surface area is 130 Å². The number of benzene rings is 1. The van der Waals surface area contributed by atoms with Crippen LogP contribution in [-0.2, 0) is 4.79 Å². The summed E-state index contributed by atoms with van der Waals surface area (Å²) in [6.45, 7) is 2.42. The molecule has 3 N–H and O–H groups in total. The number of aliphatic hydroxyl groups is 1. The molecule has 0 unspecified atom stereocenters. The maximum atomic E-state index is 11.1. The highest BCUT2D eigenvalue weighted by Crippen LogP contribution is 2.36. The van der Waals surface area contributed by atoms with Crippen LogP contribution >= 0.6 is 11.6 Å². The topological polar surface area (TPSA) is 61.4 Å². The van der Waals surface area contributed by atoms with Gasteiger partial charge in [0, 0.05) is 24.6 Å². The van der Waals surface area contributed by atoms with Gasteiger partial charge >= 0.3 is 0 Å². The Balaban J connectivity index is 1.99. The van der Waals surface area contributed by atoms with Gasteiger partial charge in [0.05, 0.1) is 17.3 Å². The van der Waals surface area contributed by atoms with Crippen LogP contribution in [0.2, 0.25) is 5.02 Å². The van der Waals surface area contributed by atoms with E-state index in [1.165, 1.54) is 26.2 Å². The Morgan fingerprint density at radius 3 is 2.62 bits per heavy atom. The third kappa shape index (κ3) is 4.35. The monoisotopic (exact) mass is 310 g/mol. The van der Waals surface area contributed by atoms with Crippen LogP contribution in [0.25, 0.3) is 0 Å². The van der Waals surface area contributed by atoms with E-state index in [-0.39, 0.29) is 17.9 Å². The third-order valence-electron chi connectivity index (χ3n) is 4.20. The zero-order valence-corrected chi connectivity index (χ0v) is 13.2. The van der Waals surface area contributed by atoms with Gasteiger partial charge in [0.15, 0.2) is 0 Å². The van der Waals surface area contributed by atoms with Crippen molar-refractivity contribution >= 4 is 28.9 Å². The summed E-state index contributed by atoms with van der Waals surface area (Å²) in [5.41, 5.74) is 1.51. The SMILES string of the molecule is CC(=O)Nc1ccc(NCC2(CO)CCCCC2)cc1Cl. The predicted octanol–water partition coefficient (Wildman–Crippen LogP) is 3.65. The molecule has 116 valence electrons. The van der Waals surface area contributed by atoms with Crippen molar-refractivity contribution < 1.29 is 9.90 Å². The van der Waals surface area contributed by atoms with Gasteiger partial charge in [-0.25, -0.2) is 0 Å². The molecular formula is C16H23ClN2O2. The summed E-state index contributed by atoms with van der Waals surface area (Å²) >= 11 is 6.16. The summed E-state index contributed by atoms with van der Waals surface area (Å²) in [4.78, 5) is 11.1. The van der Waals surface area contributed by atoms with Crippen LogP contribution in [0.4, 0.5) is 11.4 Å². The average molecular weight is 311 g/mol. The van der Waals surface area contributed by atoms with E-state index in [4.69, 9.17) is 11.6 Å². The molecule has 4 nitrogen and oxygen atoms in total. The van der Waals surface area contributed by atoms with Gasteiger partial charge in [0.1, 0.15) is 0 Å². The van der Waals surface area contributed by atoms with Crippen molar-refractivity contribution in [1.29, 1.82) is 0 Å². The molecule has 0 radical (unpaired) electrons.